The first-order valence-electron chi connectivity index (χ1n) is 10.8. The van der Waals surface area contributed by atoms with Gasteiger partial charge in [-0.3, -0.25) is 4.79 Å². The molecule has 6 nitrogen and oxygen atoms in total. The van der Waals surface area contributed by atoms with E-state index >= 15 is 0 Å². The number of carbonyl (C=O) groups excluding carboxylic acids is 1. The molecule has 1 aliphatic heterocycles. The van der Waals surface area contributed by atoms with E-state index < -0.39 is 0 Å². The third kappa shape index (κ3) is 5.05. The Morgan fingerprint density at radius 1 is 1.11 bits per heavy atom. The fraction of sp³-hybridized carbons (Fsp3) is 0.714. The maximum absolute atomic E-state index is 12.8. The number of nitrogens with two attached hydrogens (primary N) is 1. The number of amides is 1. The molecule has 28 heavy (non-hydrogen) atoms. The molecule has 7 heteroatoms. The summed E-state index contributed by atoms with van der Waals surface area (Å²) in [5.74, 6) is 1.08. The lowest BCUT2D eigenvalue weighted by Gasteiger charge is -2.36. The summed E-state index contributed by atoms with van der Waals surface area (Å²) in [5.41, 5.74) is 6.72. The summed E-state index contributed by atoms with van der Waals surface area (Å²) in [6, 6.07) is 3.14. The fourth-order valence-corrected chi connectivity index (χ4v) is 4.85. The van der Waals surface area contributed by atoms with Crippen LogP contribution in [0.2, 0.25) is 0 Å². The lowest BCUT2D eigenvalue weighted by molar-refractivity contribution is 0.0933. The molecule has 0 aromatic carbocycles. The molecule has 1 atom stereocenters. The van der Waals surface area contributed by atoms with Gasteiger partial charge in [-0.1, -0.05) is 19.3 Å². The Hall–Kier alpha value is -1.18. The highest BCUT2D eigenvalue weighted by Gasteiger charge is 2.31. The van der Waals surface area contributed by atoms with E-state index in [9.17, 15) is 4.79 Å². The van der Waals surface area contributed by atoms with Gasteiger partial charge in [0.1, 0.15) is 5.82 Å². The van der Waals surface area contributed by atoms with E-state index in [0.29, 0.717) is 23.6 Å². The second-order valence-corrected chi connectivity index (χ2v) is 9.54. The van der Waals surface area contributed by atoms with Crippen molar-refractivity contribution >= 4 is 27.7 Å². The molecule has 1 amide bonds. The number of nitrogens with zero attached hydrogens (tertiary/aromatic N) is 2. The van der Waals surface area contributed by atoms with Gasteiger partial charge in [0.2, 0.25) is 0 Å². The number of carbonyl (C=O) groups is 1. The molecule has 0 radical (unpaired) electrons. The quantitative estimate of drug-likeness (QED) is 0.580. The minimum Gasteiger partial charge on any atom is -0.356 e. The molecule has 1 saturated heterocycles. The van der Waals surface area contributed by atoms with Crippen LogP contribution in [-0.2, 0) is 0 Å². The van der Waals surface area contributed by atoms with Gasteiger partial charge >= 0.3 is 0 Å². The van der Waals surface area contributed by atoms with Crippen molar-refractivity contribution < 1.29 is 4.79 Å². The van der Waals surface area contributed by atoms with Crippen LogP contribution < -0.4 is 21.3 Å². The number of hydrogen-bond donors (Lipinski definition) is 3. The average Bonchev–Trinajstić information content (AvgIpc) is 3.55. The second kappa shape index (κ2) is 9.09. The van der Waals surface area contributed by atoms with Crippen molar-refractivity contribution in [3.8, 4) is 0 Å². The van der Waals surface area contributed by atoms with Crippen LogP contribution in [0.25, 0.3) is 0 Å². The van der Waals surface area contributed by atoms with Crippen LogP contribution in [0.3, 0.4) is 0 Å². The van der Waals surface area contributed by atoms with Crippen molar-refractivity contribution in [2.75, 3.05) is 18.0 Å². The van der Waals surface area contributed by atoms with Gasteiger partial charge in [-0.05, 0) is 66.4 Å². The average molecular weight is 450 g/mol. The molecule has 0 bridgehead atoms. The summed E-state index contributed by atoms with van der Waals surface area (Å²) in [6.45, 7) is 1.85. The van der Waals surface area contributed by atoms with Gasteiger partial charge in [-0.2, -0.15) is 0 Å². The number of nitrogens with one attached hydrogen (secondary N) is 2. The Kier molecular flexibility index (Phi) is 6.53. The number of halogens is 1. The van der Waals surface area contributed by atoms with Gasteiger partial charge in [0, 0.05) is 35.8 Å². The molecule has 2 saturated carbocycles. The van der Waals surface area contributed by atoms with E-state index in [-0.39, 0.29) is 12.1 Å². The number of piperidine rings is 1. The van der Waals surface area contributed by atoms with E-state index in [1.165, 1.54) is 32.1 Å². The summed E-state index contributed by atoms with van der Waals surface area (Å²) in [7, 11) is 0. The summed E-state index contributed by atoms with van der Waals surface area (Å²) in [6.07, 6.45) is 12.7. The number of anilines is 1. The highest BCUT2D eigenvalue weighted by molar-refractivity contribution is 9.10. The third-order valence-electron chi connectivity index (χ3n) is 6.38. The SMILES string of the molecule is NC(NC(=O)c1cc(Br)cnc1N1CCC(NC2CCCCC2)CC1)C1CC1. The molecule has 1 aromatic rings. The zero-order valence-electron chi connectivity index (χ0n) is 16.5. The van der Waals surface area contributed by atoms with Crippen molar-refractivity contribution in [1.82, 2.24) is 15.6 Å². The Labute approximate surface area is 176 Å². The monoisotopic (exact) mass is 449 g/mol. The van der Waals surface area contributed by atoms with E-state index in [4.69, 9.17) is 5.73 Å². The normalized spacial score (nSPS) is 22.9. The Balaban J connectivity index is 1.38. The third-order valence-corrected chi connectivity index (χ3v) is 6.81. The highest BCUT2D eigenvalue weighted by atomic mass is 79.9. The minimum absolute atomic E-state index is 0.120. The van der Waals surface area contributed by atoms with Crippen LogP contribution in [0.5, 0.6) is 0 Å². The zero-order chi connectivity index (χ0) is 19.5. The molecule has 0 spiro atoms. The molecule has 4 rings (SSSR count). The topological polar surface area (TPSA) is 83.3 Å². The van der Waals surface area contributed by atoms with E-state index in [2.05, 4.69) is 36.4 Å². The molecule has 1 unspecified atom stereocenters. The maximum Gasteiger partial charge on any atom is 0.256 e. The predicted molar refractivity (Wildman–Crippen MR) is 115 cm³/mol. The molecule has 3 aliphatic rings. The molecule has 4 N–H and O–H groups in total. The molecule has 2 aliphatic carbocycles. The molecule has 1 aromatic heterocycles. The highest BCUT2D eigenvalue weighted by Crippen LogP contribution is 2.31. The van der Waals surface area contributed by atoms with Crippen molar-refractivity contribution in [1.29, 1.82) is 0 Å². The van der Waals surface area contributed by atoms with Crippen LogP contribution in [0.4, 0.5) is 5.82 Å². The first-order chi connectivity index (χ1) is 13.6. The van der Waals surface area contributed by atoms with Gasteiger partial charge in [-0.25, -0.2) is 4.98 Å². The van der Waals surface area contributed by atoms with Crippen LogP contribution in [0.1, 0.15) is 68.1 Å². The number of hydrogen-bond acceptors (Lipinski definition) is 5. The molecular weight excluding hydrogens is 418 g/mol. The van der Waals surface area contributed by atoms with Crippen molar-refractivity contribution in [2.45, 2.75) is 76.0 Å². The standard InChI is InChI=1S/C21H32BrN5O/c22-15-12-18(21(28)26-19(23)14-6-7-14)20(24-13-15)27-10-8-17(9-11-27)25-16-4-2-1-3-5-16/h12-14,16-17,19,25H,1-11,23H2,(H,26,28). The summed E-state index contributed by atoms with van der Waals surface area (Å²) >= 11 is 3.46. The van der Waals surface area contributed by atoms with Gasteiger partial charge in [-0.15, -0.1) is 0 Å². The first-order valence-corrected chi connectivity index (χ1v) is 11.6. The predicted octanol–water partition coefficient (Wildman–Crippen LogP) is 3.16. The Morgan fingerprint density at radius 2 is 1.79 bits per heavy atom. The first kappa shape index (κ1) is 20.1. The van der Waals surface area contributed by atoms with Gasteiger partial charge in [0.05, 0.1) is 11.7 Å². The summed E-state index contributed by atoms with van der Waals surface area (Å²) in [4.78, 5) is 19.7. The Morgan fingerprint density at radius 3 is 2.46 bits per heavy atom. The van der Waals surface area contributed by atoms with Gasteiger partial charge < -0.3 is 21.3 Å². The minimum atomic E-state index is -0.259. The van der Waals surface area contributed by atoms with Crippen LogP contribution in [0, 0.1) is 5.92 Å². The van der Waals surface area contributed by atoms with Crippen LogP contribution in [-0.4, -0.2) is 42.2 Å². The van der Waals surface area contributed by atoms with E-state index in [0.717, 1.165) is 49.1 Å². The van der Waals surface area contributed by atoms with Crippen molar-refractivity contribution in [2.24, 2.45) is 11.7 Å². The fourth-order valence-electron chi connectivity index (χ4n) is 4.51. The molecule has 2 heterocycles. The zero-order valence-corrected chi connectivity index (χ0v) is 18.1. The summed E-state index contributed by atoms with van der Waals surface area (Å²) in [5, 5.41) is 6.84. The van der Waals surface area contributed by atoms with Crippen LogP contribution in [0.15, 0.2) is 16.7 Å². The number of pyridine rings is 1. The largest absolute Gasteiger partial charge is 0.356 e. The van der Waals surface area contributed by atoms with E-state index in [1.807, 2.05) is 6.07 Å². The van der Waals surface area contributed by atoms with Gasteiger partial charge in [0.25, 0.3) is 5.91 Å². The van der Waals surface area contributed by atoms with Gasteiger partial charge in [0.15, 0.2) is 0 Å². The number of aromatic nitrogens is 1. The Bertz CT molecular complexity index is 681. The molecular formula is C21H32BrN5O. The van der Waals surface area contributed by atoms with Crippen molar-refractivity contribution in [3.63, 3.8) is 0 Å². The summed E-state index contributed by atoms with van der Waals surface area (Å²) < 4.78 is 0.815. The van der Waals surface area contributed by atoms with E-state index in [1.54, 1.807) is 6.20 Å². The lowest BCUT2D eigenvalue weighted by atomic mass is 9.93. The maximum atomic E-state index is 12.8. The lowest BCUT2D eigenvalue weighted by Crippen LogP contribution is -2.47. The molecule has 154 valence electrons. The van der Waals surface area contributed by atoms with Crippen LogP contribution >= 0.6 is 15.9 Å². The number of rotatable bonds is 6. The smallest absolute Gasteiger partial charge is 0.256 e. The molecule has 3 fully saturated rings. The second-order valence-electron chi connectivity index (χ2n) is 8.62. The van der Waals surface area contributed by atoms with Crippen molar-refractivity contribution in [3.05, 3.63) is 22.3 Å².